The molecule has 0 saturated carbocycles. The van der Waals surface area contributed by atoms with Crippen LogP contribution < -0.4 is 4.90 Å². The smallest absolute Gasteiger partial charge is 0.232 e. The number of ether oxygens (including phenoxy) is 1. The Hall–Kier alpha value is -2.06. The topological polar surface area (TPSA) is 63.5 Å². The maximum absolute atomic E-state index is 11.9. The normalized spacial score (nSPS) is 14.7. The van der Waals surface area contributed by atoms with E-state index in [-0.39, 0.29) is 5.91 Å². The molecule has 1 aromatic carbocycles. The molecule has 1 aliphatic heterocycles. The molecular formula is C16H21N5O2S. The third kappa shape index (κ3) is 3.70. The van der Waals surface area contributed by atoms with Gasteiger partial charge in [0.2, 0.25) is 11.9 Å². The first-order chi connectivity index (χ1) is 11.7. The van der Waals surface area contributed by atoms with Crippen molar-refractivity contribution in [3.63, 3.8) is 0 Å². The number of thioether (sulfide) groups is 1. The maximum Gasteiger partial charge on any atom is 0.232 e. The zero-order chi connectivity index (χ0) is 16.9. The molecule has 1 aromatic heterocycles. The molecule has 0 atom stereocenters. The number of rotatable bonds is 5. The molecule has 1 fully saturated rings. The Labute approximate surface area is 145 Å². The van der Waals surface area contributed by atoms with Gasteiger partial charge in [0.25, 0.3) is 0 Å². The Balaban J connectivity index is 1.91. The van der Waals surface area contributed by atoms with Gasteiger partial charge in [0.05, 0.1) is 24.7 Å². The van der Waals surface area contributed by atoms with Gasteiger partial charge in [0.15, 0.2) is 5.16 Å². The van der Waals surface area contributed by atoms with Crippen molar-refractivity contribution >= 4 is 23.6 Å². The number of anilines is 1. The molecule has 0 aliphatic carbocycles. The summed E-state index contributed by atoms with van der Waals surface area (Å²) in [6.07, 6.45) is 0. The van der Waals surface area contributed by atoms with Crippen LogP contribution in [0.25, 0.3) is 5.69 Å². The monoisotopic (exact) mass is 347 g/mol. The van der Waals surface area contributed by atoms with E-state index in [4.69, 9.17) is 4.74 Å². The summed E-state index contributed by atoms with van der Waals surface area (Å²) >= 11 is 1.40. The molecule has 0 N–H and O–H groups in total. The van der Waals surface area contributed by atoms with Crippen molar-refractivity contribution in [1.82, 2.24) is 19.7 Å². The van der Waals surface area contributed by atoms with Gasteiger partial charge in [0.1, 0.15) is 0 Å². The van der Waals surface area contributed by atoms with Gasteiger partial charge in [-0.1, -0.05) is 30.0 Å². The van der Waals surface area contributed by atoms with Crippen LogP contribution in [0.4, 0.5) is 5.95 Å². The van der Waals surface area contributed by atoms with Crippen molar-refractivity contribution in [2.75, 3.05) is 51.1 Å². The van der Waals surface area contributed by atoms with Crippen LogP contribution in [0, 0.1) is 0 Å². The molecule has 1 amide bonds. The number of para-hydroxylation sites is 1. The van der Waals surface area contributed by atoms with Gasteiger partial charge >= 0.3 is 0 Å². The van der Waals surface area contributed by atoms with Crippen LogP contribution >= 0.6 is 11.8 Å². The second-order valence-electron chi connectivity index (χ2n) is 5.63. The summed E-state index contributed by atoms with van der Waals surface area (Å²) in [6.45, 7) is 2.94. The largest absolute Gasteiger partial charge is 0.378 e. The fraction of sp³-hybridized carbons (Fsp3) is 0.438. The van der Waals surface area contributed by atoms with Crippen LogP contribution in [-0.2, 0) is 9.53 Å². The highest BCUT2D eigenvalue weighted by Crippen LogP contribution is 2.27. The van der Waals surface area contributed by atoms with Gasteiger partial charge in [-0.3, -0.25) is 9.36 Å². The first-order valence-electron chi connectivity index (χ1n) is 7.83. The highest BCUT2D eigenvalue weighted by molar-refractivity contribution is 7.99. The lowest BCUT2D eigenvalue weighted by Gasteiger charge is -2.27. The molecule has 0 unspecified atom stereocenters. The highest BCUT2D eigenvalue weighted by Gasteiger charge is 2.22. The molecule has 7 nitrogen and oxygen atoms in total. The summed E-state index contributed by atoms with van der Waals surface area (Å²) in [5, 5.41) is 9.42. The van der Waals surface area contributed by atoms with E-state index < -0.39 is 0 Å². The van der Waals surface area contributed by atoms with Crippen molar-refractivity contribution in [1.29, 1.82) is 0 Å². The summed E-state index contributed by atoms with van der Waals surface area (Å²) in [7, 11) is 3.51. The van der Waals surface area contributed by atoms with E-state index in [2.05, 4.69) is 15.1 Å². The van der Waals surface area contributed by atoms with Crippen LogP contribution in [0.1, 0.15) is 0 Å². The van der Waals surface area contributed by atoms with E-state index in [0.29, 0.717) is 19.0 Å². The lowest BCUT2D eigenvalue weighted by atomic mass is 10.3. The number of carbonyl (C=O) groups excluding carboxylic acids is 1. The van der Waals surface area contributed by atoms with E-state index in [1.807, 2.05) is 34.9 Å². The maximum atomic E-state index is 11.9. The minimum atomic E-state index is 0.0514. The molecule has 2 aromatic rings. The predicted molar refractivity (Wildman–Crippen MR) is 93.8 cm³/mol. The molecule has 2 heterocycles. The van der Waals surface area contributed by atoms with Crippen molar-refractivity contribution in [2.45, 2.75) is 5.16 Å². The van der Waals surface area contributed by atoms with Gasteiger partial charge < -0.3 is 14.5 Å². The van der Waals surface area contributed by atoms with Crippen LogP contribution in [0.5, 0.6) is 0 Å². The number of benzene rings is 1. The molecule has 3 rings (SSSR count). The third-order valence-electron chi connectivity index (χ3n) is 3.75. The Kier molecular flexibility index (Phi) is 5.37. The Morgan fingerprint density at radius 2 is 1.92 bits per heavy atom. The first-order valence-corrected chi connectivity index (χ1v) is 8.82. The predicted octanol–water partition coefficient (Wildman–Crippen LogP) is 1.28. The van der Waals surface area contributed by atoms with E-state index >= 15 is 0 Å². The highest BCUT2D eigenvalue weighted by atomic mass is 32.2. The van der Waals surface area contributed by atoms with Gasteiger partial charge in [-0.15, -0.1) is 10.2 Å². The molecule has 24 heavy (non-hydrogen) atoms. The van der Waals surface area contributed by atoms with E-state index in [0.717, 1.165) is 29.9 Å². The summed E-state index contributed by atoms with van der Waals surface area (Å²) in [4.78, 5) is 15.6. The number of carbonyl (C=O) groups is 1. The van der Waals surface area contributed by atoms with Crippen LogP contribution in [0.2, 0.25) is 0 Å². The summed E-state index contributed by atoms with van der Waals surface area (Å²) in [5.41, 5.74) is 0.990. The van der Waals surface area contributed by atoms with Gasteiger partial charge in [0, 0.05) is 27.2 Å². The van der Waals surface area contributed by atoms with Gasteiger partial charge in [-0.25, -0.2) is 0 Å². The number of hydrogen-bond acceptors (Lipinski definition) is 6. The fourth-order valence-corrected chi connectivity index (χ4v) is 3.31. The fourth-order valence-electron chi connectivity index (χ4n) is 2.38. The Morgan fingerprint density at radius 3 is 2.58 bits per heavy atom. The van der Waals surface area contributed by atoms with Crippen LogP contribution in [0.15, 0.2) is 35.5 Å². The number of hydrogen-bond donors (Lipinski definition) is 0. The molecule has 0 bridgehead atoms. The van der Waals surface area contributed by atoms with Crippen LogP contribution in [-0.4, -0.2) is 71.7 Å². The average molecular weight is 347 g/mol. The summed E-state index contributed by atoms with van der Waals surface area (Å²) < 4.78 is 7.44. The Morgan fingerprint density at radius 1 is 1.21 bits per heavy atom. The SMILES string of the molecule is CN(C)C(=O)CSc1nnc(N2CCOCC2)n1-c1ccccc1. The standard InChI is InChI=1S/C16H21N5O2S/c1-19(2)14(22)12-24-16-18-17-15(20-8-10-23-11-9-20)21(16)13-6-4-3-5-7-13/h3-7H,8-12H2,1-2H3. The summed E-state index contributed by atoms with van der Waals surface area (Å²) in [5.74, 6) is 1.18. The number of morpholine rings is 1. The number of aromatic nitrogens is 3. The lowest BCUT2D eigenvalue weighted by Crippen LogP contribution is -2.37. The van der Waals surface area contributed by atoms with E-state index in [1.54, 1.807) is 19.0 Å². The quantitative estimate of drug-likeness (QED) is 0.760. The average Bonchev–Trinajstić information content (AvgIpc) is 3.05. The number of nitrogens with zero attached hydrogens (tertiary/aromatic N) is 5. The van der Waals surface area contributed by atoms with Crippen molar-refractivity contribution in [3.8, 4) is 5.69 Å². The van der Waals surface area contributed by atoms with E-state index in [9.17, 15) is 4.79 Å². The second-order valence-corrected chi connectivity index (χ2v) is 6.57. The minimum absolute atomic E-state index is 0.0514. The first kappa shape index (κ1) is 16.8. The zero-order valence-electron chi connectivity index (χ0n) is 13.9. The van der Waals surface area contributed by atoms with Gasteiger partial charge in [-0.2, -0.15) is 0 Å². The van der Waals surface area contributed by atoms with Gasteiger partial charge in [-0.05, 0) is 12.1 Å². The second kappa shape index (κ2) is 7.67. The molecule has 1 aliphatic rings. The van der Waals surface area contributed by atoms with Crippen LogP contribution in [0.3, 0.4) is 0 Å². The molecule has 8 heteroatoms. The lowest BCUT2D eigenvalue weighted by molar-refractivity contribution is -0.125. The van der Waals surface area contributed by atoms with Crippen molar-refractivity contribution in [3.05, 3.63) is 30.3 Å². The van der Waals surface area contributed by atoms with E-state index in [1.165, 1.54) is 11.8 Å². The zero-order valence-corrected chi connectivity index (χ0v) is 14.7. The molecular weight excluding hydrogens is 326 g/mol. The Bertz CT molecular complexity index is 683. The molecule has 0 radical (unpaired) electrons. The third-order valence-corrected chi connectivity index (χ3v) is 4.66. The molecule has 0 spiro atoms. The number of amides is 1. The van der Waals surface area contributed by atoms with Crippen molar-refractivity contribution < 1.29 is 9.53 Å². The van der Waals surface area contributed by atoms with Crippen molar-refractivity contribution in [2.24, 2.45) is 0 Å². The molecule has 1 saturated heterocycles. The molecule has 128 valence electrons. The summed E-state index contributed by atoms with van der Waals surface area (Å²) in [6, 6.07) is 9.98. The minimum Gasteiger partial charge on any atom is -0.378 e.